The first-order valence-electron chi connectivity index (χ1n) is 12.6. The standard InChI is InChI=1S/C30H34N4O2S/c1-6-21-8-14-24(15-9-21)31-27(35)20-37-29-33-32-28(22-10-12-23(13-11-22)30(3,4)5)34(29)25-16-18-26(19-17-25)36-7-2/h8-19H,6-7,20H2,1-5H3,(H,31,35). The maximum atomic E-state index is 12.7. The van der Waals surface area contributed by atoms with Crippen molar-refractivity contribution in [2.45, 2.75) is 51.6 Å². The van der Waals surface area contributed by atoms with Crippen molar-refractivity contribution < 1.29 is 9.53 Å². The van der Waals surface area contributed by atoms with Gasteiger partial charge in [-0.25, -0.2) is 0 Å². The maximum Gasteiger partial charge on any atom is 0.234 e. The lowest BCUT2D eigenvalue weighted by atomic mass is 9.87. The van der Waals surface area contributed by atoms with Crippen LogP contribution in [0.5, 0.6) is 5.75 Å². The monoisotopic (exact) mass is 514 g/mol. The minimum atomic E-state index is -0.0911. The third-order valence-electron chi connectivity index (χ3n) is 6.03. The summed E-state index contributed by atoms with van der Waals surface area (Å²) in [6.07, 6.45) is 0.965. The van der Waals surface area contributed by atoms with Crippen LogP contribution in [0.4, 0.5) is 5.69 Å². The molecule has 0 bridgehead atoms. The van der Waals surface area contributed by atoms with Crippen molar-refractivity contribution in [3.63, 3.8) is 0 Å². The van der Waals surface area contributed by atoms with Gasteiger partial charge >= 0.3 is 0 Å². The number of ether oxygens (including phenoxy) is 1. The molecule has 1 N–H and O–H groups in total. The van der Waals surface area contributed by atoms with Crippen LogP contribution in [-0.4, -0.2) is 33.0 Å². The molecule has 0 saturated carbocycles. The van der Waals surface area contributed by atoms with E-state index >= 15 is 0 Å². The molecule has 1 aromatic heterocycles. The van der Waals surface area contributed by atoms with Crippen molar-refractivity contribution in [3.05, 3.63) is 83.9 Å². The summed E-state index contributed by atoms with van der Waals surface area (Å²) in [5.41, 5.74) is 5.20. The summed E-state index contributed by atoms with van der Waals surface area (Å²) >= 11 is 1.36. The third kappa shape index (κ3) is 6.60. The summed E-state index contributed by atoms with van der Waals surface area (Å²) < 4.78 is 7.62. The van der Waals surface area contributed by atoms with Crippen LogP contribution in [0.15, 0.2) is 78.0 Å². The van der Waals surface area contributed by atoms with Gasteiger partial charge in [-0.2, -0.15) is 0 Å². The van der Waals surface area contributed by atoms with Gasteiger partial charge in [-0.05, 0) is 66.3 Å². The molecule has 4 aromatic rings. The quantitative estimate of drug-likeness (QED) is 0.245. The zero-order chi connectivity index (χ0) is 26.4. The lowest BCUT2D eigenvalue weighted by molar-refractivity contribution is -0.113. The van der Waals surface area contributed by atoms with Gasteiger partial charge in [0.05, 0.1) is 12.4 Å². The minimum absolute atomic E-state index is 0.0620. The second-order valence-corrected chi connectivity index (χ2v) is 10.7. The molecule has 0 fully saturated rings. The van der Waals surface area contributed by atoms with Gasteiger partial charge in [0.2, 0.25) is 5.91 Å². The molecule has 1 amide bonds. The van der Waals surface area contributed by atoms with E-state index in [2.05, 4.69) is 67.5 Å². The Morgan fingerprint density at radius 2 is 1.59 bits per heavy atom. The zero-order valence-electron chi connectivity index (χ0n) is 22.1. The molecule has 0 unspecified atom stereocenters. The molecular formula is C30H34N4O2S. The van der Waals surface area contributed by atoms with E-state index in [1.807, 2.05) is 60.0 Å². The number of nitrogens with one attached hydrogen (secondary N) is 1. The highest BCUT2D eigenvalue weighted by atomic mass is 32.2. The van der Waals surface area contributed by atoms with Gasteiger partial charge in [0.15, 0.2) is 11.0 Å². The first-order chi connectivity index (χ1) is 17.8. The first kappa shape index (κ1) is 26.5. The summed E-state index contributed by atoms with van der Waals surface area (Å²) in [6.45, 7) is 11.3. The Morgan fingerprint density at radius 3 is 2.19 bits per heavy atom. The molecule has 0 radical (unpaired) electrons. The number of hydrogen-bond acceptors (Lipinski definition) is 5. The van der Waals surface area contributed by atoms with Crippen molar-refractivity contribution in [3.8, 4) is 22.8 Å². The largest absolute Gasteiger partial charge is 0.494 e. The Hall–Kier alpha value is -3.58. The number of benzene rings is 3. The molecule has 1 heterocycles. The molecule has 7 heteroatoms. The number of anilines is 1. The number of carbonyl (C=O) groups excluding carboxylic acids is 1. The highest BCUT2D eigenvalue weighted by Gasteiger charge is 2.19. The SMILES string of the molecule is CCOc1ccc(-n2c(SCC(=O)Nc3ccc(CC)cc3)nnc2-c2ccc(C(C)(C)C)cc2)cc1. The van der Waals surface area contributed by atoms with Gasteiger partial charge in [0.1, 0.15) is 5.75 Å². The van der Waals surface area contributed by atoms with E-state index < -0.39 is 0 Å². The molecule has 3 aromatic carbocycles. The van der Waals surface area contributed by atoms with E-state index in [4.69, 9.17) is 4.74 Å². The molecule has 0 aliphatic rings. The molecule has 37 heavy (non-hydrogen) atoms. The Balaban J connectivity index is 1.60. The average Bonchev–Trinajstić information content (AvgIpc) is 3.32. The van der Waals surface area contributed by atoms with E-state index in [1.165, 1.54) is 22.9 Å². The summed E-state index contributed by atoms with van der Waals surface area (Å²) in [5, 5.41) is 12.6. The smallest absolute Gasteiger partial charge is 0.234 e. The van der Waals surface area contributed by atoms with Gasteiger partial charge in [0, 0.05) is 16.9 Å². The van der Waals surface area contributed by atoms with Crippen molar-refractivity contribution in [2.24, 2.45) is 0 Å². The maximum absolute atomic E-state index is 12.7. The van der Waals surface area contributed by atoms with Crippen LogP contribution in [0.2, 0.25) is 0 Å². The van der Waals surface area contributed by atoms with Crippen LogP contribution in [-0.2, 0) is 16.6 Å². The summed E-state index contributed by atoms with van der Waals surface area (Å²) in [6, 6.07) is 24.2. The van der Waals surface area contributed by atoms with Crippen LogP contribution in [0, 0.1) is 0 Å². The van der Waals surface area contributed by atoms with Gasteiger partial charge in [0.25, 0.3) is 0 Å². The highest BCUT2D eigenvalue weighted by Crippen LogP contribution is 2.31. The Labute approximate surface area is 223 Å². The van der Waals surface area contributed by atoms with Gasteiger partial charge in [-0.1, -0.05) is 75.9 Å². The average molecular weight is 515 g/mol. The third-order valence-corrected chi connectivity index (χ3v) is 6.96. The van der Waals surface area contributed by atoms with Crippen molar-refractivity contribution in [1.82, 2.24) is 14.8 Å². The number of rotatable bonds is 9. The Bertz CT molecular complexity index is 1320. The van der Waals surface area contributed by atoms with Crippen LogP contribution >= 0.6 is 11.8 Å². The van der Waals surface area contributed by atoms with E-state index in [0.29, 0.717) is 11.8 Å². The lowest BCUT2D eigenvalue weighted by Gasteiger charge is -2.19. The summed E-state index contributed by atoms with van der Waals surface area (Å²) in [7, 11) is 0. The molecule has 0 aliphatic carbocycles. The molecule has 6 nitrogen and oxygen atoms in total. The van der Waals surface area contributed by atoms with Crippen LogP contribution in [0.1, 0.15) is 45.7 Å². The molecule has 0 spiro atoms. The molecule has 0 aliphatic heterocycles. The number of hydrogen-bond donors (Lipinski definition) is 1. The predicted octanol–water partition coefficient (Wildman–Crippen LogP) is 6.92. The number of nitrogens with zero attached hydrogens (tertiary/aromatic N) is 3. The van der Waals surface area contributed by atoms with Crippen LogP contribution < -0.4 is 10.1 Å². The van der Waals surface area contributed by atoms with Crippen LogP contribution in [0.3, 0.4) is 0 Å². The zero-order valence-corrected chi connectivity index (χ0v) is 22.9. The fourth-order valence-corrected chi connectivity index (χ4v) is 4.66. The van der Waals surface area contributed by atoms with Gasteiger partial charge in [-0.3, -0.25) is 9.36 Å². The lowest BCUT2D eigenvalue weighted by Crippen LogP contribution is -2.14. The van der Waals surface area contributed by atoms with E-state index in [9.17, 15) is 4.79 Å². The minimum Gasteiger partial charge on any atom is -0.494 e. The predicted molar refractivity (Wildman–Crippen MR) is 152 cm³/mol. The van der Waals surface area contributed by atoms with Crippen molar-refractivity contribution >= 4 is 23.4 Å². The Kier molecular flexibility index (Phi) is 8.34. The molecule has 4 rings (SSSR count). The molecular weight excluding hydrogens is 480 g/mol. The van der Waals surface area contributed by atoms with E-state index in [-0.39, 0.29) is 17.1 Å². The summed E-state index contributed by atoms with van der Waals surface area (Å²) in [5.74, 6) is 1.65. The van der Waals surface area contributed by atoms with E-state index in [1.54, 1.807) is 0 Å². The number of thioether (sulfide) groups is 1. The molecule has 0 atom stereocenters. The van der Waals surface area contributed by atoms with E-state index in [0.717, 1.165) is 34.9 Å². The fraction of sp³-hybridized carbons (Fsp3) is 0.300. The topological polar surface area (TPSA) is 69.0 Å². The highest BCUT2D eigenvalue weighted by molar-refractivity contribution is 7.99. The van der Waals surface area contributed by atoms with Gasteiger partial charge in [-0.15, -0.1) is 10.2 Å². The van der Waals surface area contributed by atoms with Crippen molar-refractivity contribution in [1.29, 1.82) is 0 Å². The molecule has 192 valence electrons. The van der Waals surface area contributed by atoms with Crippen LogP contribution in [0.25, 0.3) is 17.1 Å². The fourth-order valence-electron chi connectivity index (χ4n) is 3.91. The second-order valence-electron chi connectivity index (χ2n) is 9.78. The second kappa shape index (κ2) is 11.6. The number of aromatic nitrogens is 3. The number of carbonyl (C=O) groups is 1. The van der Waals surface area contributed by atoms with Crippen molar-refractivity contribution in [2.75, 3.05) is 17.7 Å². The molecule has 0 saturated heterocycles. The first-order valence-corrected chi connectivity index (χ1v) is 13.6. The number of aryl methyl sites for hydroxylation is 1. The normalized spacial score (nSPS) is 11.4. The summed E-state index contributed by atoms with van der Waals surface area (Å²) in [4.78, 5) is 12.7. The number of amides is 1. The Morgan fingerprint density at radius 1 is 0.919 bits per heavy atom. The van der Waals surface area contributed by atoms with Gasteiger partial charge < -0.3 is 10.1 Å².